The zero-order chi connectivity index (χ0) is 12.0. The monoisotopic (exact) mass is 398 g/mol. The first-order chi connectivity index (χ1) is 7.06. The molecule has 92 valence electrons. The van der Waals surface area contributed by atoms with E-state index in [1.165, 1.54) is 7.11 Å². The Morgan fingerprint density at radius 2 is 2.06 bits per heavy atom. The third-order valence-electron chi connectivity index (χ3n) is 1.91. The number of primary amides is 1. The molecule has 2 N–H and O–H groups in total. The van der Waals surface area contributed by atoms with E-state index in [1.54, 1.807) is 6.92 Å². The minimum atomic E-state index is -0.710. The first-order valence-electron chi connectivity index (χ1n) is 4.92. The van der Waals surface area contributed by atoms with Crippen molar-refractivity contribution in [3.8, 4) is 0 Å². The van der Waals surface area contributed by atoms with Gasteiger partial charge in [0.05, 0.1) is 7.11 Å². The van der Waals surface area contributed by atoms with Crippen LogP contribution in [-0.2, 0) is 30.6 Å². The quantitative estimate of drug-likeness (QED) is 0.725. The number of allylic oxidation sites excluding steroid dienone is 2. The van der Waals surface area contributed by atoms with Crippen LogP contribution in [0.3, 0.4) is 0 Å². The minimum absolute atomic E-state index is 0. The average Bonchev–Trinajstić information content (AvgIpc) is 2.19. The molecule has 0 fully saturated rings. The van der Waals surface area contributed by atoms with Crippen molar-refractivity contribution in [2.24, 2.45) is 11.7 Å². The molecule has 1 atom stereocenters. The molecule has 0 spiro atoms. The second-order valence-electron chi connectivity index (χ2n) is 2.94. The summed E-state index contributed by atoms with van der Waals surface area (Å²) in [7, 11) is 1.43. The Balaban J connectivity index is 0. The number of nitrogens with two attached hydrogens (primary N) is 1. The van der Waals surface area contributed by atoms with Crippen LogP contribution < -0.4 is 5.73 Å². The van der Waals surface area contributed by atoms with Crippen LogP contribution in [-0.4, -0.2) is 13.0 Å². The van der Waals surface area contributed by atoms with E-state index in [2.05, 4.69) is 6.08 Å². The standard InChI is InChI=1S/C9H11FNO2.C2H6.W/c1-5-3-6(10)4-7(9(11)12)8(5)13-2;1-2;/h5H,3H2,1-2H3,(H2,11,12);1-2H3;/q-1;;. The van der Waals surface area contributed by atoms with Gasteiger partial charge < -0.3 is 15.3 Å². The molecule has 1 amide bonds. The molecule has 3 nitrogen and oxygen atoms in total. The van der Waals surface area contributed by atoms with Crippen molar-refractivity contribution in [3.63, 3.8) is 0 Å². The van der Waals surface area contributed by atoms with Gasteiger partial charge in [-0.2, -0.15) is 0 Å². The summed E-state index contributed by atoms with van der Waals surface area (Å²) in [6, 6.07) is 0. The SMILES string of the molecule is CC.COC1=C(C(N)=O)[C-]=C(F)CC1C.[W]. The second kappa shape index (κ2) is 8.51. The van der Waals surface area contributed by atoms with E-state index in [0.29, 0.717) is 5.76 Å². The molecule has 0 saturated carbocycles. The second-order valence-corrected chi connectivity index (χ2v) is 2.94. The van der Waals surface area contributed by atoms with Gasteiger partial charge in [-0.3, -0.25) is 0 Å². The normalized spacial score (nSPS) is 18.8. The Labute approximate surface area is 110 Å². The molecule has 0 saturated heterocycles. The first-order valence-corrected chi connectivity index (χ1v) is 4.92. The van der Waals surface area contributed by atoms with E-state index in [-0.39, 0.29) is 39.0 Å². The van der Waals surface area contributed by atoms with Crippen molar-refractivity contribution in [2.75, 3.05) is 7.11 Å². The largest absolute Gasteiger partial charge is 0.557 e. The van der Waals surface area contributed by atoms with Crippen molar-refractivity contribution in [1.29, 1.82) is 0 Å². The summed E-state index contributed by atoms with van der Waals surface area (Å²) >= 11 is 0. The number of amides is 1. The third kappa shape index (κ3) is 4.48. The van der Waals surface area contributed by atoms with E-state index in [0.717, 1.165) is 0 Å². The smallest absolute Gasteiger partial charge is 0.136 e. The number of ether oxygens (including phenoxy) is 1. The van der Waals surface area contributed by atoms with E-state index in [4.69, 9.17) is 10.5 Å². The molecule has 0 radical (unpaired) electrons. The summed E-state index contributed by atoms with van der Waals surface area (Å²) in [5.74, 6) is -0.914. The van der Waals surface area contributed by atoms with E-state index < -0.39 is 11.7 Å². The molecule has 0 aromatic rings. The summed E-state index contributed by atoms with van der Waals surface area (Å²) in [5, 5.41) is 0. The van der Waals surface area contributed by atoms with Gasteiger partial charge in [-0.15, -0.1) is 6.08 Å². The fraction of sp³-hybridized carbons (Fsp3) is 0.545. The van der Waals surface area contributed by atoms with E-state index in [1.807, 2.05) is 13.8 Å². The van der Waals surface area contributed by atoms with Gasteiger partial charge >= 0.3 is 0 Å². The summed E-state index contributed by atoms with van der Waals surface area (Å²) in [4.78, 5) is 10.9. The third-order valence-corrected chi connectivity index (χ3v) is 1.91. The predicted molar refractivity (Wildman–Crippen MR) is 56.2 cm³/mol. The van der Waals surface area contributed by atoms with Crippen LogP contribution in [0.25, 0.3) is 0 Å². The van der Waals surface area contributed by atoms with Crippen LogP contribution in [0.1, 0.15) is 27.2 Å². The zero-order valence-corrected chi connectivity index (χ0v) is 12.9. The molecule has 0 heterocycles. The molecule has 1 unspecified atom stereocenters. The number of hydrogen-bond donors (Lipinski definition) is 1. The van der Waals surface area contributed by atoms with Crippen LogP contribution in [0, 0.1) is 12.0 Å². The molecule has 0 aromatic carbocycles. The Morgan fingerprint density at radius 1 is 1.56 bits per heavy atom. The number of methoxy groups -OCH3 is 1. The molecular formula is C11H17FNO2W-. The molecular weight excluding hydrogens is 381 g/mol. The molecule has 1 aliphatic rings. The Hall–Kier alpha value is -0.632. The maximum atomic E-state index is 12.9. The van der Waals surface area contributed by atoms with Crippen LogP contribution >= 0.6 is 0 Å². The van der Waals surface area contributed by atoms with Gasteiger partial charge in [-0.05, 0) is 12.3 Å². The van der Waals surface area contributed by atoms with Gasteiger partial charge in [0.2, 0.25) is 0 Å². The fourth-order valence-corrected chi connectivity index (χ4v) is 1.34. The molecule has 5 heteroatoms. The van der Waals surface area contributed by atoms with Gasteiger partial charge in [0, 0.05) is 32.7 Å². The van der Waals surface area contributed by atoms with Crippen LogP contribution in [0.5, 0.6) is 0 Å². The van der Waals surface area contributed by atoms with Gasteiger partial charge in [0.15, 0.2) is 0 Å². The Kier molecular flexibility index (Phi) is 9.45. The zero-order valence-electron chi connectivity index (χ0n) is 9.96. The Morgan fingerprint density at radius 3 is 2.44 bits per heavy atom. The maximum Gasteiger partial charge on any atom is 0.136 e. The number of hydrogen-bond acceptors (Lipinski definition) is 2. The van der Waals surface area contributed by atoms with Crippen LogP contribution in [0.2, 0.25) is 0 Å². The summed E-state index contributed by atoms with van der Waals surface area (Å²) < 4.78 is 17.8. The summed E-state index contributed by atoms with van der Waals surface area (Å²) in [6.45, 7) is 5.77. The molecule has 1 aliphatic carbocycles. The number of carbonyl (C=O) groups excluding carboxylic acids is 1. The van der Waals surface area contributed by atoms with Crippen molar-refractivity contribution in [1.82, 2.24) is 0 Å². The fourth-order valence-electron chi connectivity index (χ4n) is 1.34. The number of rotatable bonds is 2. The molecule has 0 aliphatic heterocycles. The minimum Gasteiger partial charge on any atom is -0.557 e. The summed E-state index contributed by atoms with van der Waals surface area (Å²) in [6.07, 6.45) is 2.49. The van der Waals surface area contributed by atoms with Gasteiger partial charge in [0.1, 0.15) is 5.91 Å². The maximum absolute atomic E-state index is 12.9. The number of carbonyl (C=O) groups is 1. The molecule has 0 bridgehead atoms. The average molecular weight is 398 g/mol. The van der Waals surface area contributed by atoms with Gasteiger partial charge in [-0.25, -0.2) is 4.39 Å². The van der Waals surface area contributed by atoms with Gasteiger partial charge in [0.25, 0.3) is 0 Å². The molecule has 0 aromatic heterocycles. The van der Waals surface area contributed by atoms with Crippen LogP contribution in [0.15, 0.2) is 17.2 Å². The van der Waals surface area contributed by atoms with Gasteiger partial charge in [-0.1, -0.05) is 26.3 Å². The van der Waals surface area contributed by atoms with Crippen molar-refractivity contribution >= 4 is 5.91 Å². The molecule has 1 rings (SSSR count). The van der Waals surface area contributed by atoms with E-state index in [9.17, 15) is 9.18 Å². The van der Waals surface area contributed by atoms with E-state index >= 15 is 0 Å². The number of halogens is 1. The topological polar surface area (TPSA) is 52.3 Å². The van der Waals surface area contributed by atoms with Crippen molar-refractivity contribution in [2.45, 2.75) is 27.2 Å². The molecule has 16 heavy (non-hydrogen) atoms. The summed E-state index contributed by atoms with van der Waals surface area (Å²) in [5.41, 5.74) is 5.05. The van der Waals surface area contributed by atoms with Crippen molar-refractivity contribution < 1.29 is 35.0 Å². The first kappa shape index (κ1) is 17.8. The van der Waals surface area contributed by atoms with Crippen molar-refractivity contribution in [3.05, 3.63) is 23.2 Å². The van der Waals surface area contributed by atoms with Crippen LogP contribution in [0.4, 0.5) is 4.39 Å². The predicted octanol–water partition coefficient (Wildman–Crippen LogP) is 2.09. The Bertz CT molecular complexity index is 300.